The van der Waals surface area contributed by atoms with Crippen LogP contribution in [0.4, 0.5) is 0 Å². The monoisotopic (exact) mass is 316 g/mol. The van der Waals surface area contributed by atoms with Gasteiger partial charge in [-0.15, -0.1) is 0 Å². The lowest BCUT2D eigenvalue weighted by atomic mass is 10.1. The van der Waals surface area contributed by atoms with E-state index < -0.39 is 5.91 Å². The molecule has 0 aliphatic rings. The lowest BCUT2D eigenvalue weighted by Gasteiger charge is -2.10. The smallest absolute Gasteiger partial charge is 0.276 e. The van der Waals surface area contributed by atoms with Gasteiger partial charge in [-0.3, -0.25) is 20.4 Å². The summed E-state index contributed by atoms with van der Waals surface area (Å²) < 4.78 is 5.44. The van der Waals surface area contributed by atoms with E-state index in [1.807, 2.05) is 56.6 Å². The Hall–Kier alpha value is -2.60. The Balaban J connectivity index is 1.76. The minimum absolute atomic E-state index is 0.155. The molecule has 2 aromatic rings. The van der Waals surface area contributed by atoms with Crippen LogP contribution >= 0.6 is 0 Å². The van der Waals surface area contributed by atoms with Gasteiger partial charge in [0.25, 0.3) is 5.91 Å². The molecule has 2 aromatic carbocycles. The third-order valence-electron chi connectivity index (χ3n) is 3.28. The van der Waals surface area contributed by atoms with Crippen molar-refractivity contribution in [2.45, 2.75) is 6.42 Å². The summed E-state index contributed by atoms with van der Waals surface area (Å²) in [6.07, 6.45) is 0.355. The van der Waals surface area contributed by atoms with Crippen molar-refractivity contribution in [1.82, 2.24) is 10.9 Å². The summed E-state index contributed by atoms with van der Waals surface area (Å²) in [5.74, 6) is -0.00431. The van der Waals surface area contributed by atoms with Gasteiger partial charge in [0.1, 0.15) is 5.75 Å². The van der Waals surface area contributed by atoms with Crippen LogP contribution in [0.15, 0.2) is 42.5 Å². The van der Waals surface area contributed by atoms with Gasteiger partial charge in [-0.1, -0.05) is 30.3 Å². The van der Waals surface area contributed by atoms with Crippen LogP contribution in [0.2, 0.25) is 0 Å². The van der Waals surface area contributed by atoms with Gasteiger partial charge >= 0.3 is 0 Å². The fourth-order valence-corrected chi connectivity index (χ4v) is 2.01. The van der Waals surface area contributed by atoms with E-state index >= 15 is 0 Å². The molecule has 0 aliphatic heterocycles. The van der Waals surface area contributed by atoms with Crippen molar-refractivity contribution in [1.29, 1.82) is 0 Å². The molecule has 0 spiro atoms. The Morgan fingerprint density at radius 3 is 2.43 bits per heavy atom. The molecule has 0 aromatic heterocycles. The zero-order chi connectivity index (χ0) is 16.7. The van der Waals surface area contributed by atoms with Crippen LogP contribution in [-0.2, 0) is 9.59 Å². The molecule has 0 bridgehead atoms. The number of fused-ring (bicyclic) bond motifs is 1. The molecule has 23 heavy (non-hydrogen) atoms. The van der Waals surface area contributed by atoms with E-state index in [1.54, 1.807) is 0 Å². The van der Waals surface area contributed by atoms with Gasteiger partial charge in [-0.2, -0.15) is 0 Å². The van der Waals surface area contributed by atoms with Crippen molar-refractivity contribution >= 4 is 22.6 Å². The summed E-state index contributed by atoms with van der Waals surface area (Å²) in [4.78, 5) is 24.3. The molecule has 6 heteroatoms. The van der Waals surface area contributed by atoms with Gasteiger partial charge < -0.3 is 9.64 Å². The molecule has 0 heterocycles. The number of carbonyl (C=O) groups is 2. The topological polar surface area (TPSA) is 71.9 Å². The number of benzene rings is 2. The second kappa shape index (κ2) is 8.14. The Labute approximate surface area is 135 Å². The molecule has 0 aliphatic carbocycles. The molecule has 3 N–H and O–H groups in total. The van der Waals surface area contributed by atoms with Crippen molar-refractivity contribution in [3.05, 3.63) is 42.5 Å². The minimum atomic E-state index is -0.399. The van der Waals surface area contributed by atoms with E-state index in [-0.39, 0.29) is 12.5 Å². The molecule has 6 nitrogen and oxygen atoms in total. The fourth-order valence-electron chi connectivity index (χ4n) is 2.01. The summed E-state index contributed by atoms with van der Waals surface area (Å²) in [6.45, 7) is 0.548. The first-order valence-electron chi connectivity index (χ1n) is 7.53. The molecule has 0 radical (unpaired) electrons. The molecule has 0 saturated carbocycles. The number of quaternary nitrogens is 1. The molecule has 0 saturated heterocycles. The molecule has 0 fully saturated rings. The Morgan fingerprint density at radius 1 is 1.00 bits per heavy atom. The first-order chi connectivity index (χ1) is 11.0. The normalized spacial score (nSPS) is 10.6. The van der Waals surface area contributed by atoms with E-state index in [9.17, 15) is 9.59 Å². The van der Waals surface area contributed by atoms with E-state index in [1.165, 1.54) is 4.90 Å². The number of nitrogens with one attached hydrogen (secondary N) is 3. The van der Waals surface area contributed by atoms with Crippen molar-refractivity contribution in [2.24, 2.45) is 0 Å². The van der Waals surface area contributed by atoms with Crippen LogP contribution in [0.5, 0.6) is 5.75 Å². The van der Waals surface area contributed by atoms with Crippen molar-refractivity contribution in [3.63, 3.8) is 0 Å². The Bertz CT molecular complexity index is 686. The van der Waals surface area contributed by atoms with E-state index in [2.05, 4.69) is 10.9 Å². The lowest BCUT2D eigenvalue weighted by molar-refractivity contribution is -0.857. The molecule has 2 rings (SSSR count). The minimum Gasteiger partial charge on any atom is -0.484 e. The molecule has 122 valence electrons. The van der Waals surface area contributed by atoms with Crippen LogP contribution in [-0.4, -0.2) is 39.1 Å². The van der Waals surface area contributed by atoms with Crippen LogP contribution in [0, 0.1) is 0 Å². The van der Waals surface area contributed by atoms with Gasteiger partial charge in [-0.25, -0.2) is 0 Å². The number of hydrazine groups is 1. The third kappa shape index (κ3) is 5.60. The second-order valence-corrected chi connectivity index (χ2v) is 5.60. The van der Waals surface area contributed by atoms with Gasteiger partial charge in [0, 0.05) is 0 Å². The fraction of sp³-hybridized carbons (Fsp3) is 0.294. The van der Waals surface area contributed by atoms with Gasteiger partial charge in [-0.05, 0) is 22.9 Å². The van der Waals surface area contributed by atoms with Crippen molar-refractivity contribution in [2.75, 3.05) is 27.2 Å². The Morgan fingerprint density at radius 2 is 1.70 bits per heavy atom. The highest BCUT2D eigenvalue weighted by molar-refractivity contribution is 5.84. The summed E-state index contributed by atoms with van der Waals surface area (Å²) in [5.41, 5.74) is 4.71. The first kappa shape index (κ1) is 16.8. The quantitative estimate of drug-likeness (QED) is 0.652. The maximum atomic E-state index is 11.7. The van der Waals surface area contributed by atoms with E-state index in [4.69, 9.17) is 4.74 Å². The third-order valence-corrected chi connectivity index (χ3v) is 3.28. The Kier molecular flexibility index (Phi) is 5.94. The van der Waals surface area contributed by atoms with Gasteiger partial charge in [0.2, 0.25) is 5.91 Å². The largest absolute Gasteiger partial charge is 0.484 e. The van der Waals surface area contributed by atoms with Crippen molar-refractivity contribution < 1.29 is 19.2 Å². The number of hydrogen-bond donors (Lipinski definition) is 3. The van der Waals surface area contributed by atoms with E-state index in [0.717, 1.165) is 10.8 Å². The van der Waals surface area contributed by atoms with Crippen molar-refractivity contribution in [3.8, 4) is 5.75 Å². The summed E-state index contributed by atoms with van der Waals surface area (Å²) in [5, 5.41) is 2.16. The molecule has 0 atom stereocenters. The zero-order valence-electron chi connectivity index (χ0n) is 13.4. The van der Waals surface area contributed by atoms with Crippen LogP contribution in [0.1, 0.15) is 6.42 Å². The second-order valence-electron chi connectivity index (χ2n) is 5.60. The average Bonchev–Trinajstić information content (AvgIpc) is 2.56. The summed E-state index contributed by atoms with van der Waals surface area (Å²) >= 11 is 0. The summed E-state index contributed by atoms with van der Waals surface area (Å²) in [6, 6.07) is 13.5. The first-order valence-corrected chi connectivity index (χ1v) is 7.53. The predicted molar refractivity (Wildman–Crippen MR) is 88.0 cm³/mol. The number of rotatable bonds is 6. The highest BCUT2D eigenvalue weighted by atomic mass is 16.5. The standard InChI is InChI=1S/C17H21N3O3/c1-20(2)10-9-16(21)18-19-17(22)12-23-15-8-7-13-5-3-4-6-14(13)11-15/h3-8,11H,9-10,12H2,1-2H3,(H,18,21)(H,19,22)/p+1. The number of ether oxygens (including phenoxy) is 1. The molecule has 2 amide bonds. The number of amides is 2. The van der Waals surface area contributed by atoms with Gasteiger partial charge in [0.05, 0.1) is 27.1 Å². The zero-order valence-corrected chi connectivity index (χ0v) is 13.4. The van der Waals surface area contributed by atoms with Crippen LogP contribution in [0.25, 0.3) is 10.8 Å². The maximum absolute atomic E-state index is 11.7. The summed E-state index contributed by atoms with van der Waals surface area (Å²) in [7, 11) is 3.92. The van der Waals surface area contributed by atoms with Gasteiger partial charge in [0.15, 0.2) is 6.61 Å². The molecule has 0 unspecified atom stereocenters. The molecular formula is C17H22N3O3+. The molecular weight excluding hydrogens is 294 g/mol. The maximum Gasteiger partial charge on any atom is 0.276 e. The van der Waals surface area contributed by atoms with E-state index in [0.29, 0.717) is 18.7 Å². The predicted octanol–water partition coefficient (Wildman–Crippen LogP) is -0.0994. The number of hydrogen-bond acceptors (Lipinski definition) is 3. The lowest BCUT2D eigenvalue weighted by Crippen LogP contribution is -3.05. The SMILES string of the molecule is C[NH+](C)CCC(=O)NNC(=O)COc1ccc2ccccc2c1. The average molecular weight is 316 g/mol. The highest BCUT2D eigenvalue weighted by Gasteiger charge is 2.07. The highest BCUT2D eigenvalue weighted by Crippen LogP contribution is 2.20. The number of carbonyl (C=O) groups excluding carboxylic acids is 2. The van der Waals surface area contributed by atoms with Crippen LogP contribution < -0.4 is 20.5 Å². The van der Waals surface area contributed by atoms with Crippen LogP contribution in [0.3, 0.4) is 0 Å².